The Hall–Kier alpha value is -1.54. The molecule has 5 nitrogen and oxygen atoms in total. The molecule has 0 bridgehead atoms. The highest BCUT2D eigenvalue weighted by molar-refractivity contribution is 7.84. The number of rotatable bonds is 2. The van der Waals surface area contributed by atoms with Gasteiger partial charge in [-0.05, 0) is 83.9 Å². The van der Waals surface area contributed by atoms with E-state index < -0.39 is 44.4 Å². The number of nitrogens with one attached hydrogen (secondary N) is 1. The molecule has 1 fully saturated rings. The van der Waals surface area contributed by atoms with Gasteiger partial charge in [-0.25, -0.2) is 22.5 Å². The van der Waals surface area contributed by atoms with Crippen LogP contribution in [0.5, 0.6) is 0 Å². The summed E-state index contributed by atoms with van der Waals surface area (Å²) in [5.41, 5.74) is -0.469. The van der Waals surface area contributed by atoms with E-state index in [1.807, 2.05) is 41.5 Å². The molecule has 1 aromatic rings. The standard InChI is InChI=1S/C22H32F2N2O3S/c1-20(2,3)29-19(27)26-11-9-22(10-12-26)13-14-15(23)7-8-16(24)17(14)18(22)25-30(28)21(4,5)6/h7-8,18,25H,9-13H2,1-6H3/t18-,30-/m1/s1. The number of benzene rings is 1. The Morgan fingerprint density at radius 1 is 1.13 bits per heavy atom. The average Bonchev–Trinajstić information content (AvgIpc) is 2.92. The second kappa shape index (κ2) is 7.86. The lowest BCUT2D eigenvalue weighted by Gasteiger charge is -2.44. The molecule has 2 atom stereocenters. The Morgan fingerprint density at radius 3 is 2.23 bits per heavy atom. The topological polar surface area (TPSA) is 58.6 Å². The molecule has 0 unspecified atom stereocenters. The van der Waals surface area contributed by atoms with Crippen molar-refractivity contribution in [2.24, 2.45) is 5.41 Å². The molecule has 168 valence electrons. The highest BCUT2D eigenvalue weighted by Gasteiger charge is 2.51. The highest BCUT2D eigenvalue weighted by atomic mass is 32.2. The number of piperidine rings is 1. The van der Waals surface area contributed by atoms with Gasteiger partial charge in [0.1, 0.15) is 17.2 Å². The molecular weight excluding hydrogens is 410 g/mol. The first-order valence-corrected chi connectivity index (χ1v) is 11.5. The predicted octanol–water partition coefficient (Wildman–Crippen LogP) is 4.63. The molecule has 1 saturated heterocycles. The molecule has 2 aliphatic rings. The minimum Gasteiger partial charge on any atom is -0.444 e. The van der Waals surface area contributed by atoms with E-state index in [-0.39, 0.29) is 11.7 Å². The summed E-state index contributed by atoms with van der Waals surface area (Å²) in [6.45, 7) is 11.8. The minimum absolute atomic E-state index is 0.276. The summed E-state index contributed by atoms with van der Waals surface area (Å²) in [6, 6.07) is 1.71. The van der Waals surface area contributed by atoms with E-state index in [4.69, 9.17) is 4.74 Å². The van der Waals surface area contributed by atoms with E-state index in [0.29, 0.717) is 37.9 Å². The van der Waals surface area contributed by atoms with Crippen molar-refractivity contribution in [1.29, 1.82) is 0 Å². The zero-order valence-electron chi connectivity index (χ0n) is 18.6. The Kier molecular flexibility index (Phi) is 6.06. The maximum atomic E-state index is 14.8. The van der Waals surface area contributed by atoms with Crippen LogP contribution in [0.3, 0.4) is 0 Å². The van der Waals surface area contributed by atoms with Crippen LogP contribution in [-0.2, 0) is 22.1 Å². The molecule has 1 heterocycles. The summed E-state index contributed by atoms with van der Waals surface area (Å²) >= 11 is 0. The van der Waals surface area contributed by atoms with E-state index in [1.165, 1.54) is 0 Å². The lowest BCUT2D eigenvalue weighted by Crippen LogP contribution is -2.50. The maximum absolute atomic E-state index is 14.8. The van der Waals surface area contributed by atoms with Gasteiger partial charge in [0.2, 0.25) is 0 Å². The highest BCUT2D eigenvalue weighted by Crippen LogP contribution is 2.53. The van der Waals surface area contributed by atoms with Crippen molar-refractivity contribution in [2.75, 3.05) is 13.1 Å². The molecule has 0 radical (unpaired) electrons. The van der Waals surface area contributed by atoms with Gasteiger partial charge in [-0.3, -0.25) is 0 Å². The number of likely N-dealkylation sites (tertiary alicyclic amines) is 1. The first kappa shape index (κ1) is 23.1. The van der Waals surface area contributed by atoms with Crippen molar-refractivity contribution < 1.29 is 22.5 Å². The van der Waals surface area contributed by atoms with E-state index in [2.05, 4.69) is 4.72 Å². The number of nitrogens with zero attached hydrogens (tertiary/aromatic N) is 1. The molecule has 1 aliphatic carbocycles. The molecule has 1 spiro atoms. The van der Waals surface area contributed by atoms with Gasteiger partial charge >= 0.3 is 6.09 Å². The van der Waals surface area contributed by atoms with Crippen LogP contribution in [0.4, 0.5) is 13.6 Å². The molecule has 1 N–H and O–H groups in total. The van der Waals surface area contributed by atoms with Crippen LogP contribution in [0, 0.1) is 17.0 Å². The fourth-order valence-corrected chi connectivity index (χ4v) is 5.19. The summed E-state index contributed by atoms with van der Waals surface area (Å²) in [4.78, 5) is 14.1. The van der Waals surface area contributed by atoms with Crippen molar-refractivity contribution in [3.63, 3.8) is 0 Å². The smallest absolute Gasteiger partial charge is 0.410 e. The van der Waals surface area contributed by atoms with E-state index in [9.17, 15) is 17.8 Å². The number of fused-ring (bicyclic) bond motifs is 1. The van der Waals surface area contributed by atoms with Gasteiger partial charge < -0.3 is 9.64 Å². The molecule has 1 amide bonds. The third-order valence-corrected chi connectivity index (χ3v) is 7.43. The molecule has 1 aliphatic heterocycles. The summed E-state index contributed by atoms with van der Waals surface area (Å²) in [5, 5.41) is 0. The number of ether oxygens (including phenoxy) is 1. The molecule has 0 saturated carbocycles. The summed E-state index contributed by atoms with van der Waals surface area (Å²) in [5.74, 6) is -0.924. The minimum atomic E-state index is -1.45. The third kappa shape index (κ3) is 4.54. The lowest BCUT2D eigenvalue weighted by molar-refractivity contribution is 0.00708. The van der Waals surface area contributed by atoms with Crippen LogP contribution in [0.25, 0.3) is 0 Å². The second-order valence-corrected chi connectivity index (χ2v) is 12.4. The van der Waals surface area contributed by atoms with E-state index in [0.717, 1.165) is 12.1 Å². The van der Waals surface area contributed by atoms with Gasteiger partial charge in [0.25, 0.3) is 0 Å². The Balaban J connectivity index is 1.88. The van der Waals surface area contributed by atoms with Crippen LogP contribution in [0.2, 0.25) is 0 Å². The number of amides is 1. The summed E-state index contributed by atoms with van der Waals surface area (Å²) in [7, 11) is -1.45. The van der Waals surface area contributed by atoms with E-state index in [1.54, 1.807) is 4.90 Å². The molecular formula is C22H32F2N2O3S. The summed E-state index contributed by atoms with van der Waals surface area (Å²) in [6.07, 6.45) is 1.05. The number of carbonyl (C=O) groups is 1. The monoisotopic (exact) mass is 442 g/mol. The van der Waals surface area contributed by atoms with Crippen LogP contribution in [-0.4, -0.2) is 38.6 Å². The Morgan fingerprint density at radius 2 is 1.70 bits per heavy atom. The first-order chi connectivity index (χ1) is 13.7. The van der Waals surface area contributed by atoms with Crippen molar-refractivity contribution in [2.45, 2.75) is 77.2 Å². The normalized spacial score (nSPS) is 22.1. The van der Waals surface area contributed by atoms with Crippen LogP contribution < -0.4 is 4.72 Å². The van der Waals surface area contributed by atoms with Crippen molar-refractivity contribution in [1.82, 2.24) is 9.62 Å². The fraction of sp³-hybridized carbons (Fsp3) is 0.682. The lowest BCUT2D eigenvalue weighted by atomic mass is 9.73. The molecule has 0 aromatic heterocycles. The number of halogens is 2. The van der Waals surface area contributed by atoms with E-state index >= 15 is 0 Å². The molecule has 3 rings (SSSR count). The zero-order valence-corrected chi connectivity index (χ0v) is 19.4. The Bertz CT molecular complexity index is 853. The van der Waals surface area contributed by atoms with Gasteiger partial charge in [0.05, 0.1) is 21.8 Å². The predicted molar refractivity (Wildman–Crippen MR) is 113 cm³/mol. The Labute approximate surface area is 180 Å². The molecule has 8 heteroatoms. The number of hydrogen-bond acceptors (Lipinski definition) is 3. The molecule has 30 heavy (non-hydrogen) atoms. The third-order valence-electron chi connectivity index (χ3n) is 5.87. The van der Waals surface area contributed by atoms with Crippen molar-refractivity contribution >= 4 is 17.1 Å². The van der Waals surface area contributed by atoms with Crippen LogP contribution in [0.1, 0.15) is 71.6 Å². The first-order valence-electron chi connectivity index (χ1n) is 10.4. The van der Waals surface area contributed by atoms with Crippen molar-refractivity contribution in [3.8, 4) is 0 Å². The largest absolute Gasteiger partial charge is 0.444 e. The quantitative estimate of drug-likeness (QED) is 0.726. The average molecular weight is 443 g/mol. The van der Waals surface area contributed by atoms with Gasteiger partial charge in [-0.2, -0.15) is 0 Å². The number of carbonyl (C=O) groups excluding carboxylic acids is 1. The van der Waals surface area contributed by atoms with Crippen LogP contribution >= 0.6 is 0 Å². The van der Waals surface area contributed by atoms with Crippen molar-refractivity contribution in [3.05, 3.63) is 34.9 Å². The number of hydrogen-bond donors (Lipinski definition) is 1. The SMILES string of the molecule is CC(C)(C)OC(=O)N1CCC2(CC1)Cc1c(F)ccc(F)c1[C@H]2N[S@](=O)C(C)(C)C. The van der Waals surface area contributed by atoms with Gasteiger partial charge in [0.15, 0.2) is 0 Å². The summed E-state index contributed by atoms with van der Waals surface area (Å²) < 4.78 is 50.3. The fourth-order valence-electron chi connectivity index (χ4n) is 4.26. The van der Waals surface area contributed by atoms with Gasteiger partial charge in [-0.1, -0.05) is 0 Å². The van der Waals surface area contributed by atoms with Crippen LogP contribution in [0.15, 0.2) is 12.1 Å². The zero-order chi connectivity index (χ0) is 22.5. The second-order valence-electron chi connectivity index (χ2n) is 10.4. The maximum Gasteiger partial charge on any atom is 0.410 e. The van der Waals surface area contributed by atoms with Gasteiger partial charge in [0, 0.05) is 18.7 Å². The van der Waals surface area contributed by atoms with Gasteiger partial charge in [-0.15, -0.1) is 0 Å². The molecule has 1 aromatic carbocycles.